The molecule has 1 N–H and O–H groups in total. The highest BCUT2D eigenvalue weighted by Gasteiger charge is 2.32. The minimum absolute atomic E-state index is 0.0132. The third-order valence-corrected chi connectivity index (χ3v) is 6.51. The van der Waals surface area contributed by atoms with Crippen molar-refractivity contribution in [2.45, 2.75) is 12.6 Å². The molecule has 0 bridgehead atoms. The first-order chi connectivity index (χ1) is 14.4. The quantitative estimate of drug-likeness (QED) is 0.597. The number of carbonyl (C=O) groups is 1. The molecule has 0 unspecified atom stereocenters. The molecule has 5 nitrogen and oxygen atoms in total. The second-order valence-corrected chi connectivity index (χ2v) is 8.48. The molecule has 0 aliphatic carbocycles. The van der Waals surface area contributed by atoms with E-state index in [1.165, 1.54) is 17.4 Å². The maximum Gasteiger partial charge on any atom is 0.416 e. The average Bonchev–Trinajstić information content (AvgIpc) is 3.39. The van der Waals surface area contributed by atoms with Crippen LogP contribution in [0.4, 0.5) is 24.5 Å². The van der Waals surface area contributed by atoms with Gasteiger partial charge in [-0.3, -0.25) is 4.79 Å². The third kappa shape index (κ3) is 4.82. The minimum Gasteiger partial charge on any atom is -0.378 e. The van der Waals surface area contributed by atoms with Gasteiger partial charge in [-0.25, -0.2) is 4.98 Å². The summed E-state index contributed by atoms with van der Waals surface area (Å²) in [7, 11) is 0. The van der Waals surface area contributed by atoms with Gasteiger partial charge in [0.1, 0.15) is 5.01 Å². The number of ether oxygens (including phenoxy) is 1. The molecule has 3 heterocycles. The molecule has 1 aliphatic heterocycles. The number of hydrogen-bond acceptors (Lipinski definition) is 6. The van der Waals surface area contributed by atoms with Crippen molar-refractivity contribution in [2.24, 2.45) is 0 Å². The van der Waals surface area contributed by atoms with E-state index < -0.39 is 17.6 Å². The van der Waals surface area contributed by atoms with Crippen LogP contribution in [0.25, 0.3) is 9.88 Å². The standard InChI is InChI=1S/C20H18F3N3O2S2/c21-20(22,23)13-3-4-16(26-5-7-28-8-6-26)15(10-13)25-18(27)11-14-12-30-19(24-14)17-2-1-9-29-17/h1-4,9-10,12H,5-8,11H2,(H,25,27). The normalized spacial score (nSPS) is 14.7. The monoisotopic (exact) mass is 453 g/mol. The van der Waals surface area contributed by atoms with Gasteiger partial charge in [0.05, 0.1) is 47.1 Å². The van der Waals surface area contributed by atoms with Crippen molar-refractivity contribution in [1.29, 1.82) is 0 Å². The average molecular weight is 454 g/mol. The SMILES string of the molecule is O=C(Cc1csc(-c2cccs2)n1)Nc1cc(C(F)(F)F)ccc1N1CCOCC1. The Morgan fingerprint density at radius 1 is 1.20 bits per heavy atom. The van der Waals surface area contributed by atoms with E-state index in [-0.39, 0.29) is 12.1 Å². The molecule has 1 aromatic carbocycles. The van der Waals surface area contributed by atoms with E-state index in [0.29, 0.717) is 37.7 Å². The lowest BCUT2D eigenvalue weighted by Gasteiger charge is -2.31. The van der Waals surface area contributed by atoms with Gasteiger partial charge in [-0.2, -0.15) is 13.2 Å². The molecule has 1 aliphatic rings. The smallest absolute Gasteiger partial charge is 0.378 e. The summed E-state index contributed by atoms with van der Waals surface area (Å²) in [5.74, 6) is -0.410. The summed E-state index contributed by atoms with van der Waals surface area (Å²) in [6, 6.07) is 7.30. The largest absolute Gasteiger partial charge is 0.416 e. The van der Waals surface area contributed by atoms with Crippen LogP contribution in [-0.4, -0.2) is 37.2 Å². The highest BCUT2D eigenvalue weighted by molar-refractivity contribution is 7.20. The van der Waals surface area contributed by atoms with Crippen molar-refractivity contribution in [1.82, 2.24) is 4.98 Å². The lowest BCUT2D eigenvalue weighted by Crippen LogP contribution is -2.37. The Morgan fingerprint density at radius 3 is 2.70 bits per heavy atom. The van der Waals surface area contributed by atoms with Gasteiger partial charge in [0, 0.05) is 18.5 Å². The first-order valence-corrected chi connectivity index (χ1v) is 11.0. The second-order valence-electron chi connectivity index (χ2n) is 6.68. The van der Waals surface area contributed by atoms with E-state index in [1.807, 2.05) is 22.4 Å². The van der Waals surface area contributed by atoms with Crippen LogP contribution in [0.3, 0.4) is 0 Å². The van der Waals surface area contributed by atoms with E-state index in [2.05, 4.69) is 10.3 Å². The van der Waals surface area contributed by atoms with Crippen LogP contribution in [-0.2, 0) is 22.1 Å². The van der Waals surface area contributed by atoms with E-state index >= 15 is 0 Å². The molecule has 4 rings (SSSR count). The van der Waals surface area contributed by atoms with Gasteiger partial charge in [-0.1, -0.05) is 6.07 Å². The summed E-state index contributed by atoms with van der Waals surface area (Å²) < 4.78 is 44.9. The summed E-state index contributed by atoms with van der Waals surface area (Å²) in [5, 5.41) is 7.22. The Hall–Kier alpha value is -2.43. The van der Waals surface area contributed by atoms with Crippen molar-refractivity contribution in [3.8, 4) is 9.88 Å². The molecule has 30 heavy (non-hydrogen) atoms. The number of thiazole rings is 1. The summed E-state index contributed by atoms with van der Waals surface area (Å²) in [4.78, 5) is 20.0. The van der Waals surface area contributed by atoms with Gasteiger partial charge < -0.3 is 15.0 Å². The molecule has 3 aromatic rings. The Morgan fingerprint density at radius 2 is 2.00 bits per heavy atom. The highest BCUT2D eigenvalue weighted by Crippen LogP contribution is 2.36. The number of anilines is 2. The molecule has 2 aromatic heterocycles. The molecule has 0 atom stereocenters. The van der Waals surface area contributed by atoms with Crippen LogP contribution >= 0.6 is 22.7 Å². The molecular weight excluding hydrogens is 435 g/mol. The maximum absolute atomic E-state index is 13.2. The number of hydrogen-bond donors (Lipinski definition) is 1. The molecule has 1 saturated heterocycles. The zero-order valence-electron chi connectivity index (χ0n) is 15.7. The van der Waals surface area contributed by atoms with Crippen LogP contribution in [0.2, 0.25) is 0 Å². The lowest BCUT2D eigenvalue weighted by atomic mass is 10.1. The predicted octanol–water partition coefficient (Wildman–Crippen LogP) is 4.91. The van der Waals surface area contributed by atoms with Crippen LogP contribution in [0.15, 0.2) is 41.1 Å². The third-order valence-electron chi connectivity index (χ3n) is 4.58. The maximum atomic E-state index is 13.2. The van der Waals surface area contributed by atoms with Gasteiger partial charge >= 0.3 is 6.18 Å². The van der Waals surface area contributed by atoms with Crippen molar-refractivity contribution in [3.05, 3.63) is 52.3 Å². The topological polar surface area (TPSA) is 54.5 Å². The van der Waals surface area contributed by atoms with Gasteiger partial charge in [0.15, 0.2) is 0 Å². The van der Waals surface area contributed by atoms with Gasteiger partial charge in [0.2, 0.25) is 5.91 Å². The van der Waals surface area contributed by atoms with Crippen molar-refractivity contribution in [3.63, 3.8) is 0 Å². The molecule has 1 fully saturated rings. The van der Waals surface area contributed by atoms with Crippen LogP contribution in [0.1, 0.15) is 11.3 Å². The number of rotatable bonds is 5. The predicted molar refractivity (Wildman–Crippen MR) is 112 cm³/mol. The summed E-state index contributed by atoms with van der Waals surface area (Å²) in [6.45, 7) is 2.06. The van der Waals surface area contributed by atoms with Crippen LogP contribution in [0, 0.1) is 0 Å². The molecule has 0 spiro atoms. The fourth-order valence-corrected chi connectivity index (χ4v) is 4.79. The van der Waals surface area contributed by atoms with Crippen molar-refractivity contribution in [2.75, 3.05) is 36.5 Å². The minimum atomic E-state index is -4.49. The summed E-state index contributed by atoms with van der Waals surface area (Å²) in [5.41, 5.74) is 0.479. The number of benzene rings is 1. The van der Waals surface area contributed by atoms with Crippen molar-refractivity contribution < 1.29 is 22.7 Å². The second kappa shape index (κ2) is 8.75. The van der Waals surface area contributed by atoms with E-state index in [0.717, 1.165) is 22.0 Å². The van der Waals surface area contributed by atoms with E-state index in [9.17, 15) is 18.0 Å². The Bertz CT molecular complexity index is 1010. The van der Waals surface area contributed by atoms with Gasteiger partial charge in [0.25, 0.3) is 0 Å². The number of aromatic nitrogens is 1. The Balaban J connectivity index is 1.53. The lowest BCUT2D eigenvalue weighted by molar-refractivity contribution is -0.137. The number of amides is 1. The van der Waals surface area contributed by atoms with E-state index in [4.69, 9.17) is 4.74 Å². The Kier molecular flexibility index (Phi) is 6.07. The Labute approximate surface area is 179 Å². The number of thiophene rings is 1. The zero-order chi connectivity index (χ0) is 21.1. The number of alkyl halides is 3. The first kappa shape index (κ1) is 20.8. The molecular formula is C20H18F3N3O2S2. The summed E-state index contributed by atoms with van der Waals surface area (Å²) in [6.07, 6.45) is -4.51. The molecule has 0 saturated carbocycles. The van der Waals surface area contributed by atoms with Gasteiger partial charge in [-0.15, -0.1) is 22.7 Å². The fraction of sp³-hybridized carbons (Fsp3) is 0.300. The zero-order valence-corrected chi connectivity index (χ0v) is 17.4. The fourth-order valence-electron chi connectivity index (χ4n) is 3.15. The number of nitrogens with zero attached hydrogens (tertiary/aromatic N) is 2. The molecule has 1 amide bonds. The molecule has 0 radical (unpaired) electrons. The van der Waals surface area contributed by atoms with Gasteiger partial charge in [-0.05, 0) is 29.6 Å². The number of halogens is 3. The number of nitrogens with one attached hydrogen (secondary N) is 1. The highest BCUT2D eigenvalue weighted by atomic mass is 32.1. The summed E-state index contributed by atoms with van der Waals surface area (Å²) >= 11 is 2.99. The number of morpholine rings is 1. The van der Waals surface area contributed by atoms with E-state index in [1.54, 1.807) is 16.7 Å². The number of carbonyl (C=O) groups excluding carboxylic acids is 1. The first-order valence-electron chi connectivity index (χ1n) is 9.22. The molecule has 10 heteroatoms. The van der Waals surface area contributed by atoms with Crippen LogP contribution < -0.4 is 10.2 Å². The molecule has 158 valence electrons. The van der Waals surface area contributed by atoms with Crippen LogP contribution in [0.5, 0.6) is 0 Å². The van der Waals surface area contributed by atoms with Crippen molar-refractivity contribution >= 4 is 40.0 Å².